The number of alkyl halides is 2. The number of nitrogens with zero attached hydrogens (tertiary/aromatic N) is 3. The highest BCUT2D eigenvalue weighted by Crippen LogP contribution is 2.47. The van der Waals surface area contributed by atoms with Crippen molar-refractivity contribution >= 4 is 11.5 Å². The minimum absolute atomic E-state index is 0.0564. The van der Waals surface area contributed by atoms with Crippen LogP contribution in [-0.2, 0) is 5.41 Å². The quantitative estimate of drug-likeness (QED) is 0.701. The molecule has 2 aliphatic carbocycles. The molecule has 6 heteroatoms. The molecule has 0 aromatic carbocycles. The Morgan fingerprint density at radius 3 is 2.74 bits per heavy atom. The average Bonchev–Trinajstić information content (AvgIpc) is 3.12. The first kappa shape index (κ1) is 16.7. The number of pyridine rings is 2. The SMILES string of the molecule is CC1(c2ccc3ncc(-c4cccc(NC5CCCC5(F)F)n4)n3c2)CC1. The molecule has 4 nitrogen and oxygen atoms in total. The maximum atomic E-state index is 13.9. The summed E-state index contributed by atoms with van der Waals surface area (Å²) in [4.78, 5) is 9.07. The predicted molar refractivity (Wildman–Crippen MR) is 101 cm³/mol. The molecule has 1 N–H and O–H groups in total. The summed E-state index contributed by atoms with van der Waals surface area (Å²) < 4.78 is 29.9. The normalized spacial score (nSPS) is 22.9. The van der Waals surface area contributed by atoms with Crippen molar-refractivity contribution in [2.24, 2.45) is 0 Å². The van der Waals surface area contributed by atoms with Gasteiger partial charge in [0.15, 0.2) is 0 Å². The van der Waals surface area contributed by atoms with E-state index in [2.05, 4.69) is 38.9 Å². The third kappa shape index (κ3) is 2.87. The van der Waals surface area contributed by atoms with Crippen LogP contribution in [0.2, 0.25) is 0 Å². The van der Waals surface area contributed by atoms with Gasteiger partial charge >= 0.3 is 0 Å². The molecule has 0 amide bonds. The fourth-order valence-electron chi connectivity index (χ4n) is 3.94. The molecule has 5 rings (SSSR count). The first-order chi connectivity index (χ1) is 12.9. The lowest BCUT2D eigenvalue weighted by molar-refractivity contribution is -0.000685. The summed E-state index contributed by atoms with van der Waals surface area (Å²) in [6.45, 7) is 2.27. The van der Waals surface area contributed by atoms with Crippen LogP contribution in [-0.4, -0.2) is 26.3 Å². The Bertz CT molecular complexity index is 1010. The summed E-state index contributed by atoms with van der Waals surface area (Å²) >= 11 is 0. The Morgan fingerprint density at radius 2 is 2.00 bits per heavy atom. The Hall–Kier alpha value is -2.50. The van der Waals surface area contributed by atoms with Gasteiger partial charge in [0, 0.05) is 12.6 Å². The van der Waals surface area contributed by atoms with Crippen LogP contribution in [0, 0.1) is 0 Å². The summed E-state index contributed by atoms with van der Waals surface area (Å²) in [5.74, 6) is -2.19. The number of rotatable bonds is 4. The molecule has 0 saturated heterocycles. The number of hydrogen-bond donors (Lipinski definition) is 1. The van der Waals surface area contributed by atoms with Crippen molar-refractivity contribution in [3.63, 3.8) is 0 Å². The van der Waals surface area contributed by atoms with Crippen molar-refractivity contribution in [3.05, 3.63) is 48.3 Å². The zero-order chi connectivity index (χ0) is 18.6. The van der Waals surface area contributed by atoms with Gasteiger partial charge in [-0.15, -0.1) is 0 Å². The number of aromatic nitrogens is 3. The number of fused-ring (bicyclic) bond motifs is 1. The van der Waals surface area contributed by atoms with Gasteiger partial charge in [-0.05, 0) is 54.9 Å². The molecule has 1 atom stereocenters. The molecule has 2 aliphatic rings. The van der Waals surface area contributed by atoms with Crippen molar-refractivity contribution in [1.82, 2.24) is 14.4 Å². The zero-order valence-corrected chi connectivity index (χ0v) is 15.3. The van der Waals surface area contributed by atoms with E-state index in [-0.39, 0.29) is 11.8 Å². The summed E-state index contributed by atoms with van der Waals surface area (Å²) in [5.41, 5.74) is 4.03. The number of anilines is 1. The van der Waals surface area contributed by atoms with Gasteiger partial charge in [-0.1, -0.05) is 19.1 Å². The van der Waals surface area contributed by atoms with Gasteiger partial charge in [-0.25, -0.2) is 18.7 Å². The summed E-state index contributed by atoms with van der Waals surface area (Å²) in [7, 11) is 0. The van der Waals surface area contributed by atoms with Crippen LogP contribution in [0.5, 0.6) is 0 Å². The zero-order valence-electron chi connectivity index (χ0n) is 15.3. The molecule has 2 saturated carbocycles. The Labute approximate surface area is 156 Å². The molecule has 140 valence electrons. The van der Waals surface area contributed by atoms with Crippen LogP contribution >= 0.6 is 0 Å². The van der Waals surface area contributed by atoms with Crippen LogP contribution in [0.4, 0.5) is 14.6 Å². The van der Waals surface area contributed by atoms with E-state index in [9.17, 15) is 8.78 Å². The lowest BCUT2D eigenvalue weighted by Crippen LogP contribution is -2.34. The van der Waals surface area contributed by atoms with E-state index in [1.165, 1.54) is 18.4 Å². The summed E-state index contributed by atoms with van der Waals surface area (Å²) in [6.07, 6.45) is 7.29. The molecule has 3 heterocycles. The Kier molecular flexibility index (Phi) is 3.55. The van der Waals surface area contributed by atoms with E-state index in [1.807, 2.05) is 18.2 Å². The number of hydrogen-bond acceptors (Lipinski definition) is 3. The van der Waals surface area contributed by atoms with Crippen molar-refractivity contribution in [3.8, 4) is 11.4 Å². The van der Waals surface area contributed by atoms with Crippen LogP contribution in [0.3, 0.4) is 0 Å². The highest BCUT2D eigenvalue weighted by Gasteiger charge is 2.44. The van der Waals surface area contributed by atoms with Crippen molar-refractivity contribution < 1.29 is 8.78 Å². The maximum Gasteiger partial charge on any atom is 0.267 e. The molecule has 0 aliphatic heterocycles. The van der Waals surface area contributed by atoms with Crippen LogP contribution in [0.15, 0.2) is 42.7 Å². The third-order valence-corrected chi connectivity index (χ3v) is 6.05. The second-order valence-corrected chi connectivity index (χ2v) is 8.11. The minimum Gasteiger partial charge on any atom is -0.361 e. The van der Waals surface area contributed by atoms with Crippen molar-refractivity contribution in [2.45, 2.75) is 56.4 Å². The van der Waals surface area contributed by atoms with Gasteiger partial charge in [0.2, 0.25) is 0 Å². The summed E-state index contributed by atoms with van der Waals surface area (Å²) in [6, 6.07) is 8.83. The predicted octanol–water partition coefficient (Wildman–Crippen LogP) is 5.05. The largest absolute Gasteiger partial charge is 0.361 e. The molecular weight excluding hydrogens is 346 g/mol. The van der Waals surface area contributed by atoms with E-state index in [4.69, 9.17) is 0 Å². The number of imidazole rings is 1. The Balaban J connectivity index is 1.50. The van der Waals surface area contributed by atoms with Crippen molar-refractivity contribution in [2.75, 3.05) is 5.32 Å². The lowest BCUT2D eigenvalue weighted by Gasteiger charge is -2.21. The van der Waals surface area contributed by atoms with Crippen LogP contribution in [0.25, 0.3) is 17.0 Å². The minimum atomic E-state index is -2.67. The molecule has 3 aromatic rings. The third-order valence-electron chi connectivity index (χ3n) is 6.05. The van der Waals surface area contributed by atoms with Crippen molar-refractivity contribution in [1.29, 1.82) is 0 Å². The lowest BCUT2D eigenvalue weighted by atomic mass is 10.0. The molecule has 0 radical (unpaired) electrons. The monoisotopic (exact) mass is 368 g/mol. The molecule has 2 fully saturated rings. The number of nitrogens with one attached hydrogen (secondary N) is 1. The highest BCUT2D eigenvalue weighted by molar-refractivity contribution is 5.62. The van der Waals surface area contributed by atoms with Crippen LogP contribution < -0.4 is 5.32 Å². The fraction of sp³-hybridized carbons (Fsp3) is 0.429. The average molecular weight is 368 g/mol. The van der Waals surface area contributed by atoms with E-state index in [0.29, 0.717) is 18.7 Å². The molecule has 0 spiro atoms. The maximum absolute atomic E-state index is 13.9. The van der Waals surface area contributed by atoms with E-state index < -0.39 is 12.0 Å². The van der Waals surface area contributed by atoms with E-state index >= 15 is 0 Å². The smallest absolute Gasteiger partial charge is 0.267 e. The van der Waals surface area contributed by atoms with E-state index in [1.54, 1.807) is 12.3 Å². The molecule has 27 heavy (non-hydrogen) atoms. The highest BCUT2D eigenvalue weighted by atomic mass is 19.3. The second kappa shape index (κ2) is 5.75. The fourth-order valence-corrected chi connectivity index (χ4v) is 3.94. The van der Waals surface area contributed by atoms with Gasteiger partial charge in [0.05, 0.1) is 23.6 Å². The first-order valence-electron chi connectivity index (χ1n) is 9.54. The van der Waals surface area contributed by atoms with E-state index in [0.717, 1.165) is 17.0 Å². The van der Waals surface area contributed by atoms with Gasteiger partial charge in [-0.3, -0.25) is 4.40 Å². The van der Waals surface area contributed by atoms with Crippen LogP contribution in [0.1, 0.15) is 44.6 Å². The molecule has 1 unspecified atom stereocenters. The van der Waals surface area contributed by atoms with Gasteiger partial charge in [0.25, 0.3) is 5.92 Å². The summed E-state index contributed by atoms with van der Waals surface area (Å²) in [5, 5.41) is 2.94. The molecular formula is C21H22F2N4. The second-order valence-electron chi connectivity index (χ2n) is 8.11. The number of halogens is 2. The van der Waals surface area contributed by atoms with Gasteiger partial charge < -0.3 is 5.32 Å². The standard InChI is InChI=1S/C21H22F2N4/c1-20(10-11-20)14-7-8-19-24-12-16(27(19)13-14)15-4-2-6-18(25-15)26-17-5-3-9-21(17,22)23/h2,4,6-8,12-13,17H,3,5,9-11H2,1H3,(H,25,26). The molecule has 3 aromatic heterocycles. The molecule has 0 bridgehead atoms. The topological polar surface area (TPSA) is 42.2 Å². The van der Waals surface area contributed by atoms with Gasteiger partial charge in [-0.2, -0.15) is 0 Å². The van der Waals surface area contributed by atoms with Gasteiger partial charge in [0.1, 0.15) is 11.5 Å². The first-order valence-corrected chi connectivity index (χ1v) is 9.54. The Morgan fingerprint density at radius 1 is 1.15 bits per heavy atom.